The summed E-state index contributed by atoms with van der Waals surface area (Å²) in [6.07, 6.45) is -4.28. The predicted molar refractivity (Wildman–Crippen MR) is 153 cm³/mol. The maximum absolute atomic E-state index is 13.7. The molecule has 10 nitrogen and oxygen atoms in total. The van der Waals surface area contributed by atoms with E-state index in [1.165, 1.54) is 0 Å². The highest BCUT2D eigenvalue weighted by molar-refractivity contribution is 5.89. The van der Waals surface area contributed by atoms with Crippen LogP contribution in [0.2, 0.25) is 0 Å². The molecule has 0 amide bonds. The first kappa shape index (κ1) is 28.5. The van der Waals surface area contributed by atoms with Gasteiger partial charge in [-0.15, -0.1) is 0 Å². The lowest BCUT2D eigenvalue weighted by Crippen LogP contribution is -2.76. The average Bonchev–Trinajstić information content (AvgIpc) is 3.65. The summed E-state index contributed by atoms with van der Waals surface area (Å²) in [5.41, 5.74) is -4.97. The van der Waals surface area contributed by atoms with Gasteiger partial charge in [-0.05, 0) is 37.1 Å². The van der Waals surface area contributed by atoms with Crippen molar-refractivity contribution >= 4 is 5.97 Å². The third-order valence-corrected chi connectivity index (χ3v) is 11.3. The van der Waals surface area contributed by atoms with Crippen LogP contribution in [0.25, 0.3) is 0 Å². The van der Waals surface area contributed by atoms with Gasteiger partial charge in [0.15, 0.2) is 5.60 Å². The van der Waals surface area contributed by atoms with Gasteiger partial charge in [0.2, 0.25) is 0 Å². The molecule has 13 unspecified atom stereocenters. The van der Waals surface area contributed by atoms with Crippen LogP contribution in [0, 0.1) is 17.8 Å². The Morgan fingerprint density at radius 2 is 1.66 bits per heavy atom. The summed E-state index contributed by atoms with van der Waals surface area (Å²) >= 11 is 0. The first-order chi connectivity index (χ1) is 20.9. The minimum absolute atomic E-state index is 0.335. The fraction of sp³-hybridized carbons (Fsp3) is 0.500. The van der Waals surface area contributed by atoms with Gasteiger partial charge in [-0.25, -0.2) is 4.79 Å². The summed E-state index contributed by atoms with van der Waals surface area (Å²) < 4.78 is 33.5. The van der Waals surface area contributed by atoms with Gasteiger partial charge in [-0.2, -0.15) is 0 Å². The van der Waals surface area contributed by atoms with Crippen molar-refractivity contribution in [2.45, 2.75) is 79.7 Å². The molecule has 3 bridgehead atoms. The van der Waals surface area contributed by atoms with Gasteiger partial charge < -0.3 is 44.1 Å². The molecule has 0 spiro atoms. The van der Waals surface area contributed by atoms with Crippen LogP contribution in [0.5, 0.6) is 0 Å². The van der Waals surface area contributed by atoms with Crippen molar-refractivity contribution < 1.29 is 48.9 Å². The lowest BCUT2D eigenvalue weighted by molar-refractivity contribution is -0.442. The van der Waals surface area contributed by atoms with Crippen molar-refractivity contribution in [1.29, 1.82) is 0 Å². The number of epoxide rings is 1. The van der Waals surface area contributed by atoms with Crippen LogP contribution in [-0.4, -0.2) is 85.9 Å². The monoisotopic (exact) mass is 604 g/mol. The minimum Gasteiger partial charge on any atom is -0.455 e. The van der Waals surface area contributed by atoms with Gasteiger partial charge >= 0.3 is 11.9 Å². The second-order valence-electron chi connectivity index (χ2n) is 13.3. The molecule has 5 fully saturated rings. The van der Waals surface area contributed by atoms with Crippen molar-refractivity contribution in [3.8, 4) is 0 Å². The molecule has 3 aliphatic carbocycles. The molecule has 4 N–H and O–H groups in total. The summed E-state index contributed by atoms with van der Waals surface area (Å²) in [7, 11) is 0. The molecule has 10 heteroatoms. The van der Waals surface area contributed by atoms with Crippen LogP contribution in [0.1, 0.15) is 36.7 Å². The fourth-order valence-corrected chi connectivity index (χ4v) is 9.24. The average molecular weight is 605 g/mol. The largest absolute Gasteiger partial charge is 0.455 e. The van der Waals surface area contributed by atoms with Crippen LogP contribution in [0.3, 0.4) is 0 Å². The third kappa shape index (κ3) is 3.06. The van der Waals surface area contributed by atoms with E-state index in [4.69, 9.17) is 23.7 Å². The number of rotatable bonds is 5. The Kier molecular flexibility index (Phi) is 5.75. The number of esters is 1. The molecule has 2 aromatic carbocycles. The molecular formula is C34H36O10. The van der Waals surface area contributed by atoms with Crippen LogP contribution in [0.4, 0.5) is 0 Å². The van der Waals surface area contributed by atoms with E-state index < -0.39 is 89.2 Å². The molecule has 3 saturated heterocycles. The van der Waals surface area contributed by atoms with E-state index in [1.54, 1.807) is 62.4 Å². The third-order valence-electron chi connectivity index (χ3n) is 11.3. The normalized spacial score (nSPS) is 49.3. The first-order valence-electron chi connectivity index (χ1n) is 15.0. The number of benzene rings is 2. The lowest BCUT2D eigenvalue weighted by Gasteiger charge is -2.61. The predicted octanol–water partition coefficient (Wildman–Crippen LogP) is 1.96. The van der Waals surface area contributed by atoms with Crippen molar-refractivity contribution in [3.05, 3.63) is 95.6 Å². The van der Waals surface area contributed by atoms with Crippen molar-refractivity contribution in [3.63, 3.8) is 0 Å². The maximum atomic E-state index is 13.7. The number of carbonyl (C=O) groups is 1. The van der Waals surface area contributed by atoms with Crippen LogP contribution < -0.4 is 0 Å². The summed E-state index contributed by atoms with van der Waals surface area (Å²) in [5.74, 6) is -4.95. The van der Waals surface area contributed by atoms with E-state index in [2.05, 4.69) is 6.58 Å². The molecule has 8 rings (SSSR count). The van der Waals surface area contributed by atoms with Crippen molar-refractivity contribution in [2.24, 2.45) is 17.8 Å². The van der Waals surface area contributed by atoms with Crippen molar-refractivity contribution in [1.82, 2.24) is 0 Å². The highest BCUT2D eigenvalue weighted by Gasteiger charge is 2.90. The van der Waals surface area contributed by atoms with Crippen LogP contribution in [-0.2, 0) is 29.7 Å². The second kappa shape index (κ2) is 8.86. The number of ether oxygens (including phenoxy) is 5. The van der Waals surface area contributed by atoms with E-state index in [-0.39, 0.29) is 0 Å². The van der Waals surface area contributed by atoms with Crippen LogP contribution in [0.15, 0.2) is 84.5 Å². The van der Waals surface area contributed by atoms with Gasteiger partial charge in [-0.1, -0.05) is 68.1 Å². The van der Waals surface area contributed by atoms with Gasteiger partial charge in [0, 0.05) is 23.3 Å². The number of fused-ring (bicyclic) bond motifs is 3. The Balaban J connectivity index is 1.40. The number of hydrogen-bond donors (Lipinski definition) is 4. The topological polar surface area (TPSA) is 147 Å². The number of aliphatic hydroxyl groups excluding tert-OH is 3. The second-order valence-corrected chi connectivity index (χ2v) is 13.3. The van der Waals surface area contributed by atoms with Gasteiger partial charge in [-0.3, -0.25) is 0 Å². The number of carbonyl (C=O) groups excluding carboxylic acids is 1. The first-order valence-corrected chi connectivity index (χ1v) is 15.0. The molecule has 3 aliphatic heterocycles. The Bertz CT molecular complexity index is 1580. The Morgan fingerprint density at radius 1 is 1.00 bits per heavy atom. The smallest absolute Gasteiger partial charge is 0.338 e. The standard InChI is InChI=1S/C34H36O10/c1-17(2)32-25(40-28(37)20-11-7-5-8-12-20)19(4)33-22-15-18(3)24(36)31(22,39)29(38)30(16-35)26(41-30)23(33)27(32)42-34(43-32,44-33)21-13-9-6-10-14-21/h5-15,19,22-27,29,35-36,38-39H,1,16H2,2-4H3. The maximum Gasteiger partial charge on any atom is 0.338 e. The van der Waals surface area contributed by atoms with Crippen LogP contribution >= 0.6 is 0 Å². The van der Waals surface area contributed by atoms with Crippen molar-refractivity contribution in [2.75, 3.05) is 6.61 Å². The molecule has 6 aliphatic rings. The number of hydrogen-bond acceptors (Lipinski definition) is 10. The van der Waals surface area contributed by atoms with E-state index in [1.807, 2.05) is 25.1 Å². The Hall–Kier alpha value is -2.93. The molecule has 0 radical (unpaired) electrons. The molecule has 232 valence electrons. The van der Waals surface area contributed by atoms with E-state index in [0.717, 1.165) is 0 Å². The van der Waals surface area contributed by atoms with E-state index in [9.17, 15) is 25.2 Å². The molecule has 3 heterocycles. The van der Waals surface area contributed by atoms with E-state index in [0.29, 0.717) is 22.3 Å². The zero-order valence-corrected chi connectivity index (χ0v) is 24.6. The molecular weight excluding hydrogens is 568 g/mol. The zero-order valence-electron chi connectivity index (χ0n) is 24.6. The lowest BCUT2D eigenvalue weighted by atomic mass is 9.53. The summed E-state index contributed by atoms with van der Waals surface area (Å²) in [6.45, 7) is 9.00. The fourth-order valence-electron chi connectivity index (χ4n) is 9.24. The Morgan fingerprint density at radius 3 is 2.30 bits per heavy atom. The van der Waals surface area contributed by atoms with Gasteiger partial charge in [0.1, 0.15) is 41.7 Å². The summed E-state index contributed by atoms with van der Waals surface area (Å²) in [6, 6.07) is 17.7. The summed E-state index contributed by atoms with van der Waals surface area (Å²) in [4.78, 5) is 13.7. The van der Waals surface area contributed by atoms with Gasteiger partial charge in [0.05, 0.1) is 17.8 Å². The molecule has 0 aromatic heterocycles. The molecule has 44 heavy (non-hydrogen) atoms. The number of aliphatic hydroxyl groups is 4. The SMILES string of the molecule is C=C(C)C12OC3(c4ccccc4)OC1C1C4OC4(CO)C(O)C4(O)C(O)C(C)=CC4C1(O3)C(C)C2OC(=O)c1ccccc1. The Labute approximate surface area is 254 Å². The van der Waals surface area contributed by atoms with E-state index >= 15 is 0 Å². The highest BCUT2D eigenvalue weighted by atomic mass is 16.9. The highest BCUT2D eigenvalue weighted by Crippen LogP contribution is 2.74. The van der Waals surface area contributed by atoms with Gasteiger partial charge in [0.25, 0.3) is 0 Å². The minimum atomic E-state index is -2.23. The summed E-state index contributed by atoms with van der Waals surface area (Å²) in [5, 5.41) is 46.5. The quantitative estimate of drug-likeness (QED) is 0.227. The molecule has 2 aromatic rings. The zero-order chi connectivity index (χ0) is 31.0. The molecule has 13 atom stereocenters. The molecule has 2 saturated carbocycles.